The van der Waals surface area contributed by atoms with Gasteiger partial charge in [-0.05, 0) is 53.8 Å². The van der Waals surface area contributed by atoms with Crippen LogP contribution in [0.2, 0.25) is 5.02 Å². The summed E-state index contributed by atoms with van der Waals surface area (Å²) in [6.45, 7) is 3.97. The quantitative estimate of drug-likeness (QED) is 0.908. The molecule has 19 heavy (non-hydrogen) atoms. The van der Waals surface area contributed by atoms with Crippen molar-refractivity contribution >= 4 is 17.6 Å². The molecule has 0 radical (unpaired) electrons. The molecule has 0 unspecified atom stereocenters. The Morgan fingerprint density at radius 2 is 1.74 bits per heavy atom. The summed E-state index contributed by atoms with van der Waals surface area (Å²) in [4.78, 5) is 10.9. The SMILES string of the molecule is Cc1cc(C)c(-c2ccc(Cl)cc2)cc1CC(=O)O. The van der Waals surface area contributed by atoms with Gasteiger partial charge in [0.25, 0.3) is 0 Å². The standard InChI is InChI=1S/C16H15ClO2/c1-10-7-11(2)15(8-13(10)9-16(18)19)12-3-5-14(17)6-4-12/h3-8H,9H2,1-2H3,(H,18,19). The van der Waals surface area contributed by atoms with Crippen molar-refractivity contribution in [3.05, 3.63) is 58.1 Å². The topological polar surface area (TPSA) is 37.3 Å². The molecule has 0 aliphatic heterocycles. The van der Waals surface area contributed by atoms with Crippen LogP contribution in [0.3, 0.4) is 0 Å². The van der Waals surface area contributed by atoms with Gasteiger partial charge in [-0.1, -0.05) is 35.9 Å². The lowest BCUT2D eigenvalue weighted by Crippen LogP contribution is -2.03. The highest BCUT2D eigenvalue weighted by Crippen LogP contribution is 2.28. The Morgan fingerprint density at radius 3 is 2.32 bits per heavy atom. The third-order valence-corrected chi connectivity index (χ3v) is 3.43. The summed E-state index contributed by atoms with van der Waals surface area (Å²) in [6.07, 6.45) is 0.0483. The Morgan fingerprint density at radius 1 is 1.11 bits per heavy atom. The van der Waals surface area contributed by atoms with Gasteiger partial charge in [0.1, 0.15) is 0 Å². The smallest absolute Gasteiger partial charge is 0.307 e. The van der Waals surface area contributed by atoms with E-state index in [1.54, 1.807) is 0 Å². The van der Waals surface area contributed by atoms with E-state index in [1.165, 1.54) is 0 Å². The Balaban J connectivity index is 2.50. The molecular formula is C16H15ClO2. The number of aliphatic carboxylic acids is 1. The number of carboxylic acid groups (broad SMARTS) is 1. The van der Waals surface area contributed by atoms with Crippen molar-refractivity contribution in [3.63, 3.8) is 0 Å². The second kappa shape index (κ2) is 5.45. The van der Waals surface area contributed by atoms with E-state index in [9.17, 15) is 4.79 Å². The largest absolute Gasteiger partial charge is 0.481 e. The Bertz CT molecular complexity index is 615. The molecule has 0 aromatic heterocycles. The first-order chi connectivity index (χ1) is 8.97. The first kappa shape index (κ1) is 13.6. The van der Waals surface area contributed by atoms with E-state index in [-0.39, 0.29) is 6.42 Å². The number of carboxylic acids is 1. The molecule has 0 aliphatic rings. The number of aryl methyl sites for hydroxylation is 2. The van der Waals surface area contributed by atoms with Crippen LogP contribution in [0, 0.1) is 13.8 Å². The summed E-state index contributed by atoms with van der Waals surface area (Å²) in [7, 11) is 0. The zero-order chi connectivity index (χ0) is 14.0. The fraction of sp³-hybridized carbons (Fsp3) is 0.188. The number of benzene rings is 2. The fourth-order valence-electron chi connectivity index (χ4n) is 2.19. The summed E-state index contributed by atoms with van der Waals surface area (Å²) in [5.41, 5.74) is 5.10. The highest BCUT2D eigenvalue weighted by Gasteiger charge is 2.09. The molecule has 0 spiro atoms. The van der Waals surface area contributed by atoms with E-state index in [0.717, 1.165) is 27.8 Å². The molecule has 0 bridgehead atoms. The minimum Gasteiger partial charge on any atom is -0.481 e. The predicted octanol–water partition coefficient (Wildman–Crippen LogP) is 4.25. The van der Waals surface area contributed by atoms with Crippen LogP contribution < -0.4 is 0 Å². The molecule has 0 atom stereocenters. The summed E-state index contributed by atoms with van der Waals surface area (Å²) in [5.74, 6) is -0.811. The maximum absolute atomic E-state index is 10.9. The van der Waals surface area contributed by atoms with Crippen molar-refractivity contribution in [3.8, 4) is 11.1 Å². The highest BCUT2D eigenvalue weighted by molar-refractivity contribution is 6.30. The van der Waals surface area contributed by atoms with Crippen LogP contribution in [0.25, 0.3) is 11.1 Å². The van der Waals surface area contributed by atoms with Crippen LogP contribution in [-0.2, 0) is 11.2 Å². The summed E-state index contributed by atoms with van der Waals surface area (Å²) < 4.78 is 0. The molecule has 2 aromatic rings. The molecule has 2 nitrogen and oxygen atoms in total. The Hall–Kier alpha value is -1.80. The van der Waals surface area contributed by atoms with Crippen LogP contribution in [0.1, 0.15) is 16.7 Å². The van der Waals surface area contributed by atoms with Crippen molar-refractivity contribution < 1.29 is 9.90 Å². The van der Waals surface area contributed by atoms with Gasteiger partial charge in [-0.2, -0.15) is 0 Å². The molecule has 0 aliphatic carbocycles. The Kier molecular flexibility index (Phi) is 3.91. The van der Waals surface area contributed by atoms with Gasteiger partial charge >= 0.3 is 5.97 Å². The lowest BCUT2D eigenvalue weighted by atomic mass is 9.94. The molecule has 0 saturated heterocycles. The zero-order valence-corrected chi connectivity index (χ0v) is 11.7. The first-order valence-corrected chi connectivity index (χ1v) is 6.43. The lowest BCUT2D eigenvalue weighted by molar-refractivity contribution is -0.136. The monoisotopic (exact) mass is 274 g/mol. The second-order valence-corrected chi connectivity index (χ2v) is 5.11. The van der Waals surface area contributed by atoms with Crippen LogP contribution in [0.4, 0.5) is 0 Å². The molecule has 0 heterocycles. The molecule has 98 valence electrons. The van der Waals surface area contributed by atoms with E-state index < -0.39 is 5.97 Å². The van der Waals surface area contributed by atoms with Crippen molar-refractivity contribution in [2.75, 3.05) is 0 Å². The van der Waals surface area contributed by atoms with Crippen LogP contribution in [-0.4, -0.2) is 11.1 Å². The van der Waals surface area contributed by atoms with Gasteiger partial charge in [0.05, 0.1) is 6.42 Å². The van der Waals surface area contributed by atoms with Crippen molar-refractivity contribution in [1.29, 1.82) is 0 Å². The normalized spacial score (nSPS) is 10.5. The maximum Gasteiger partial charge on any atom is 0.307 e. The first-order valence-electron chi connectivity index (χ1n) is 6.05. The number of hydrogen-bond donors (Lipinski definition) is 1. The second-order valence-electron chi connectivity index (χ2n) is 4.67. The summed E-state index contributed by atoms with van der Waals surface area (Å²) in [6, 6.07) is 11.6. The molecule has 2 rings (SSSR count). The average molecular weight is 275 g/mol. The molecule has 0 saturated carbocycles. The van der Waals surface area contributed by atoms with E-state index >= 15 is 0 Å². The third kappa shape index (κ3) is 3.15. The molecule has 0 fully saturated rings. The van der Waals surface area contributed by atoms with Crippen LogP contribution >= 0.6 is 11.6 Å². The van der Waals surface area contributed by atoms with Gasteiger partial charge in [-0.25, -0.2) is 0 Å². The number of halogens is 1. The number of carbonyl (C=O) groups is 1. The van der Waals surface area contributed by atoms with E-state index in [4.69, 9.17) is 16.7 Å². The average Bonchev–Trinajstić information content (AvgIpc) is 2.33. The molecular weight excluding hydrogens is 260 g/mol. The number of hydrogen-bond acceptors (Lipinski definition) is 1. The van der Waals surface area contributed by atoms with Gasteiger partial charge in [0.2, 0.25) is 0 Å². The van der Waals surface area contributed by atoms with Crippen molar-refractivity contribution in [1.82, 2.24) is 0 Å². The molecule has 1 N–H and O–H groups in total. The van der Waals surface area contributed by atoms with E-state index in [2.05, 4.69) is 0 Å². The van der Waals surface area contributed by atoms with Gasteiger partial charge in [-0.3, -0.25) is 4.79 Å². The maximum atomic E-state index is 10.9. The van der Waals surface area contributed by atoms with Crippen molar-refractivity contribution in [2.24, 2.45) is 0 Å². The van der Waals surface area contributed by atoms with Gasteiger partial charge in [0.15, 0.2) is 0 Å². The molecule has 3 heteroatoms. The molecule has 2 aromatic carbocycles. The highest BCUT2D eigenvalue weighted by atomic mass is 35.5. The number of rotatable bonds is 3. The summed E-state index contributed by atoms with van der Waals surface area (Å²) >= 11 is 5.89. The fourth-order valence-corrected chi connectivity index (χ4v) is 2.32. The van der Waals surface area contributed by atoms with Crippen LogP contribution in [0.15, 0.2) is 36.4 Å². The van der Waals surface area contributed by atoms with Crippen molar-refractivity contribution in [2.45, 2.75) is 20.3 Å². The van der Waals surface area contributed by atoms with Crippen LogP contribution in [0.5, 0.6) is 0 Å². The predicted molar refractivity (Wildman–Crippen MR) is 77.7 cm³/mol. The zero-order valence-electron chi connectivity index (χ0n) is 10.9. The van der Waals surface area contributed by atoms with Gasteiger partial charge < -0.3 is 5.11 Å². The minimum atomic E-state index is -0.811. The third-order valence-electron chi connectivity index (χ3n) is 3.18. The van der Waals surface area contributed by atoms with E-state index in [0.29, 0.717) is 5.02 Å². The molecule has 0 amide bonds. The van der Waals surface area contributed by atoms with Gasteiger partial charge in [0, 0.05) is 5.02 Å². The van der Waals surface area contributed by atoms with Gasteiger partial charge in [-0.15, -0.1) is 0 Å². The summed E-state index contributed by atoms with van der Waals surface area (Å²) in [5, 5.41) is 9.63. The van der Waals surface area contributed by atoms with E-state index in [1.807, 2.05) is 50.2 Å². The lowest BCUT2D eigenvalue weighted by Gasteiger charge is -2.11. The minimum absolute atomic E-state index is 0.0483. The Labute approximate surface area is 117 Å².